The highest BCUT2D eigenvalue weighted by atomic mass is 32.1. The van der Waals surface area contributed by atoms with Crippen LogP contribution in [-0.4, -0.2) is 45.4 Å². The first kappa shape index (κ1) is 21.0. The second-order valence-corrected chi connectivity index (χ2v) is 6.61. The molecule has 3 N–H and O–H groups in total. The van der Waals surface area contributed by atoms with Gasteiger partial charge in [-0.1, -0.05) is 17.7 Å². The Labute approximate surface area is 178 Å². The van der Waals surface area contributed by atoms with Crippen LogP contribution in [0.15, 0.2) is 42.5 Å². The number of nitrogens with one attached hydrogen (secondary N) is 3. The van der Waals surface area contributed by atoms with Gasteiger partial charge >= 0.3 is 0 Å². The van der Waals surface area contributed by atoms with Crippen molar-refractivity contribution in [1.29, 1.82) is 0 Å². The maximum atomic E-state index is 12.1. The molecule has 0 atom stereocenters. The largest absolute Gasteiger partial charge is 0.493 e. The monoisotopic (exact) mass is 427 g/mol. The fourth-order valence-electron chi connectivity index (χ4n) is 2.49. The Bertz CT molecular complexity index is 1040. The molecule has 3 rings (SSSR count). The molecule has 0 aliphatic rings. The molecule has 0 saturated carbocycles. The second kappa shape index (κ2) is 9.65. The lowest BCUT2D eigenvalue weighted by Gasteiger charge is -2.11. The summed E-state index contributed by atoms with van der Waals surface area (Å²) >= 11 is 5.15. The first-order chi connectivity index (χ1) is 14.5. The first-order valence-electron chi connectivity index (χ1n) is 8.91. The molecule has 2 aromatic carbocycles. The highest BCUT2D eigenvalue weighted by molar-refractivity contribution is 7.80. The van der Waals surface area contributed by atoms with E-state index in [9.17, 15) is 4.79 Å². The summed E-state index contributed by atoms with van der Waals surface area (Å²) in [6, 6.07) is 12.9. The molecule has 0 aliphatic heterocycles. The summed E-state index contributed by atoms with van der Waals surface area (Å²) in [5.74, 6) is 1.10. The summed E-state index contributed by atoms with van der Waals surface area (Å²) in [5.41, 5.74) is 7.75. The standard InChI is InChI=1S/C19H21N7O3S/c1-12-4-7-14(8-5-12)20-19(30)23-21-17(27)11-26-24-18(22-25-26)13-6-9-15(28-2)16(10-13)29-3/h4-10H,11H2,1-3H3,(H,21,27)(H2,20,23,30). The van der Waals surface area contributed by atoms with Crippen molar-refractivity contribution in [3.05, 3.63) is 48.0 Å². The van der Waals surface area contributed by atoms with Crippen LogP contribution in [0.1, 0.15) is 5.56 Å². The summed E-state index contributed by atoms with van der Waals surface area (Å²) in [4.78, 5) is 13.3. The SMILES string of the molecule is COc1ccc(-c2nnn(CC(=O)NNC(=S)Nc3ccc(C)cc3)n2)cc1OC. The van der Waals surface area contributed by atoms with Crippen LogP contribution in [0.5, 0.6) is 11.5 Å². The van der Waals surface area contributed by atoms with E-state index in [4.69, 9.17) is 21.7 Å². The molecule has 1 amide bonds. The summed E-state index contributed by atoms with van der Waals surface area (Å²) in [6.45, 7) is 1.86. The van der Waals surface area contributed by atoms with Gasteiger partial charge in [0.15, 0.2) is 16.6 Å². The smallest absolute Gasteiger partial charge is 0.262 e. The molecule has 0 unspecified atom stereocenters. The molecule has 0 radical (unpaired) electrons. The average molecular weight is 427 g/mol. The maximum Gasteiger partial charge on any atom is 0.262 e. The Morgan fingerprint density at radius 1 is 1.07 bits per heavy atom. The predicted molar refractivity (Wildman–Crippen MR) is 115 cm³/mol. The van der Waals surface area contributed by atoms with E-state index in [1.807, 2.05) is 31.2 Å². The summed E-state index contributed by atoms with van der Waals surface area (Å²) < 4.78 is 10.5. The number of hydrogen-bond donors (Lipinski definition) is 3. The van der Waals surface area contributed by atoms with Crippen LogP contribution in [0.25, 0.3) is 11.4 Å². The molecule has 30 heavy (non-hydrogen) atoms. The van der Waals surface area contributed by atoms with E-state index in [-0.39, 0.29) is 17.6 Å². The number of hydrogen-bond acceptors (Lipinski definition) is 7. The number of aryl methyl sites for hydroxylation is 1. The van der Waals surface area contributed by atoms with Crippen molar-refractivity contribution in [3.63, 3.8) is 0 Å². The van der Waals surface area contributed by atoms with Gasteiger partial charge in [0.05, 0.1) is 14.2 Å². The van der Waals surface area contributed by atoms with Crippen molar-refractivity contribution < 1.29 is 14.3 Å². The van der Waals surface area contributed by atoms with Crippen LogP contribution >= 0.6 is 12.2 Å². The van der Waals surface area contributed by atoms with Gasteiger partial charge in [-0.2, -0.15) is 4.80 Å². The topological polar surface area (TPSA) is 115 Å². The minimum absolute atomic E-state index is 0.138. The number of rotatable bonds is 6. The lowest BCUT2D eigenvalue weighted by atomic mass is 10.2. The van der Waals surface area contributed by atoms with Crippen LogP contribution in [-0.2, 0) is 11.3 Å². The van der Waals surface area contributed by atoms with Crippen LogP contribution in [0.4, 0.5) is 5.69 Å². The number of carbonyl (C=O) groups excluding carboxylic acids is 1. The molecule has 1 aromatic heterocycles. The fourth-order valence-corrected chi connectivity index (χ4v) is 2.66. The average Bonchev–Trinajstić information content (AvgIpc) is 3.21. The third-order valence-corrected chi connectivity index (χ3v) is 4.21. The molecular weight excluding hydrogens is 406 g/mol. The number of anilines is 1. The lowest BCUT2D eigenvalue weighted by Crippen LogP contribution is -2.45. The number of ether oxygens (including phenoxy) is 2. The Morgan fingerprint density at radius 2 is 1.80 bits per heavy atom. The van der Waals surface area contributed by atoms with E-state index in [1.54, 1.807) is 32.4 Å². The van der Waals surface area contributed by atoms with Gasteiger partial charge in [-0.15, -0.1) is 10.2 Å². The number of tetrazole rings is 1. The van der Waals surface area contributed by atoms with Gasteiger partial charge < -0.3 is 14.8 Å². The number of nitrogens with zero attached hydrogens (tertiary/aromatic N) is 4. The van der Waals surface area contributed by atoms with E-state index in [1.165, 1.54) is 4.80 Å². The molecule has 0 saturated heterocycles. The van der Waals surface area contributed by atoms with Gasteiger partial charge in [-0.25, -0.2) is 0 Å². The summed E-state index contributed by atoms with van der Waals surface area (Å²) in [7, 11) is 3.10. The van der Waals surface area contributed by atoms with Gasteiger partial charge in [-0.3, -0.25) is 15.6 Å². The predicted octanol–water partition coefficient (Wildman–Crippen LogP) is 1.68. The number of thiocarbonyl (C=S) groups is 1. The quantitative estimate of drug-likeness (QED) is 0.399. The van der Waals surface area contributed by atoms with E-state index >= 15 is 0 Å². The third-order valence-electron chi connectivity index (χ3n) is 4.00. The molecule has 0 bridgehead atoms. The molecule has 10 nitrogen and oxygen atoms in total. The number of benzene rings is 2. The van der Waals surface area contributed by atoms with Gasteiger partial charge in [0.1, 0.15) is 6.54 Å². The van der Waals surface area contributed by atoms with Crippen molar-refractivity contribution in [3.8, 4) is 22.9 Å². The Kier molecular flexibility index (Phi) is 6.75. The Balaban J connectivity index is 1.53. The second-order valence-electron chi connectivity index (χ2n) is 6.21. The van der Waals surface area contributed by atoms with Crippen molar-refractivity contribution in [2.75, 3.05) is 19.5 Å². The highest BCUT2D eigenvalue weighted by Crippen LogP contribution is 2.30. The third kappa shape index (κ3) is 5.41. The number of carbonyl (C=O) groups is 1. The van der Waals surface area contributed by atoms with E-state index in [2.05, 4.69) is 31.6 Å². The number of methoxy groups -OCH3 is 2. The van der Waals surface area contributed by atoms with Crippen LogP contribution < -0.4 is 25.6 Å². The first-order valence-corrected chi connectivity index (χ1v) is 9.32. The van der Waals surface area contributed by atoms with Crippen molar-refractivity contribution in [2.24, 2.45) is 0 Å². The zero-order chi connectivity index (χ0) is 21.5. The molecule has 0 fully saturated rings. The number of aromatic nitrogens is 4. The number of amides is 1. The van der Waals surface area contributed by atoms with Crippen LogP contribution in [0, 0.1) is 6.92 Å². The van der Waals surface area contributed by atoms with Crippen molar-refractivity contribution >= 4 is 28.9 Å². The Hall–Kier alpha value is -3.73. The molecule has 0 spiro atoms. The van der Waals surface area contributed by atoms with E-state index in [0.717, 1.165) is 11.3 Å². The molecule has 1 heterocycles. The summed E-state index contributed by atoms with van der Waals surface area (Å²) in [5, 5.41) is 15.3. The lowest BCUT2D eigenvalue weighted by molar-refractivity contribution is -0.122. The van der Waals surface area contributed by atoms with Gasteiger partial charge in [0.25, 0.3) is 5.91 Å². The van der Waals surface area contributed by atoms with Crippen LogP contribution in [0.2, 0.25) is 0 Å². The number of hydrazine groups is 1. The minimum Gasteiger partial charge on any atom is -0.493 e. The highest BCUT2D eigenvalue weighted by Gasteiger charge is 2.12. The van der Waals surface area contributed by atoms with Crippen molar-refractivity contribution in [2.45, 2.75) is 13.5 Å². The molecule has 156 valence electrons. The zero-order valence-electron chi connectivity index (χ0n) is 16.7. The minimum atomic E-state index is -0.390. The van der Waals surface area contributed by atoms with Gasteiger partial charge in [0.2, 0.25) is 5.82 Å². The molecule has 11 heteroatoms. The zero-order valence-corrected chi connectivity index (χ0v) is 17.5. The molecular formula is C19H21N7O3S. The van der Waals surface area contributed by atoms with E-state index in [0.29, 0.717) is 22.9 Å². The maximum absolute atomic E-state index is 12.1. The molecule has 3 aromatic rings. The van der Waals surface area contributed by atoms with E-state index < -0.39 is 0 Å². The van der Waals surface area contributed by atoms with Gasteiger partial charge in [-0.05, 0) is 54.7 Å². The summed E-state index contributed by atoms with van der Waals surface area (Å²) in [6.07, 6.45) is 0. The van der Waals surface area contributed by atoms with Crippen LogP contribution in [0.3, 0.4) is 0 Å². The van der Waals surface area contributed by atoms with Crippen molar-refractivity contribution in [1.82, 2.24) is 31.1 Å². The molecule has 0 aliphatic carbocycles. The fraction of sp³-hybridized carbons (Fsp3) is 0.211. The van der Waals surface area contributed by atoms with Gasteiger partial charge in [0, 0.05) is 11.3 Å². The Morgan fingerprint density at radius 3 is 2.50 bits per heavy atom. The normalized spacial score (nSPS) is 10.2.